The molecule has 0 spiro atoms. The number of rotatable bonds is 5. The highest BCUT2D eigenvalue weighted by Gasteiger charge is 2.15. The van der Waals surface area contributed by atoms with Gasteiger partial charge in [-0.1, -0.05) is 11.6 Å². The molecule has 2 aromatic heterocycles. The highest BCUT2D eigenvalue weighted by atomic mass is 35.5. The minimum Gasteiger partial charge on any atom is -0.326 e. The number of pyridine rings is 1. The summed E-state index contributed by atoms with van der Waals surface area (Å²) in [6, 6.07) is 2.93. The molecule has 0 atom stereocenters. The second-order valence-electron chi connectivity index (χ2n) is 4.14. The Bertz CT molecular complexity index is 766. The fourth-order valence-corrected chi connectivity index (χ4v) is 2.85. The monoisotopic (exact) mass is 316 g/mol. The third kappa shape index (κ3) is 3.47. The number of aromatic nitrogens is 3. The molecular weight excluding hydrogens is 304 g/mol. The van der Waals surface area contributed by atoms with Crippen LogP contribution in [0.2, 0.25) is 5.02 Å². The lowest BCUT2D eigenvalue weighted by molar-refractivity contribution is 0.580. The van der Waals surface area contributed by atoms with Crippen molar-refractivity contribution in [1.82, 2.24) is 19.5 Å². The first kappa shape index (κ1) is 14.8. The van der Waals surface area contributed by atoms with Gasteiger partial charge in [-0.25, -0.2) is 13.1 Å². The Balaban J connectivity index is 2.03. The molecule has 2 N–H and O–H groups in total. The van der Waals surface area contributed by atoms with Crippen molar-refractivity contribution in [2.75, 3.05) is 6.54 Å². The maximum Gasteiger partial charge on any atom is 0.266 e. The average Bonchev–Trinajstić information content (AvgIpc) is 2.78. The van der Waals surface area contributed by atoms with Gasteiger partial charge in [0, 0.05) is 32.4 Å². The van der Waals surface area contributed by atoms with Gasteiger partial charge in [0.15, 0.2) is 0 Å². The standard InChI is InChI=1S/C11H13ClN4O3S/c1-16-5-3-8(15-16)2-4-14-20(18,19)9-6-10(12)11(17)13-7-9/h3,5-7,14H,2,4H2,1H3,(H,13,17). The number of aryl methyl sites for hydroxylation is 1. The van der Waals surface area contributed by atoms with Crippen molar-refractivity contribution < 1.29 is 8.42 Å². The van der Waals surface area contributed by atoms with Crippen molar-refractivity contribution in [3.63, 3.8) is 0 Å². The topological polar surface area (TPSA) is 96.9 Å². The third-order valence-corrected chi connectivity index (χ3v) is 4.31. The second kappa shape index (κ2) is 5.78. The number of hydrogen-bond donors (Lipinski definition) is 2. The van der Waals surface area contributed by atoms with Crippen LogP contribution < -0.4 is 10.3 Å². The Kier molecular flexibility index (Phi) is 4.26. The number of aromatic amines is 1. The van der Waals surface area contributed by atoms with Gasteiger partial charge in [-0.15, -0.1) is 0 Å². The van der Waals surface area contributed by atoms with Crippen LogP contribution in [0, 0.1) is 0 Å². The first-order valence-corrected chi connectivity index (χ1v) is 7.61. The van der Waals surface area contributed by atoms with Crippen LogP contribution in [-0.2, 0) is 23.5 Å². The number of nitrogens with zero attached hydrogens (tertiary/aromatic N) is 2. The van der Waals surface area contributed by atoms with Crippen LogP contribution in [0.5, 0.6) is 0 Å². The zero-order valence-electron chi connectivity index (χ0n) is 10.6. The van der Waals surface area contributed by atoms with E-state index in [0.717, 1.165) is 18.0 Å². The fraction of sp³-hybridized carbons (Fsp3) is 0.273. The second-order valence-corrected chi connectivity index (χ2v) is 6.32. The molecule has 2 heterocycles. The number of H-pyrrole nitrogens is 1. The molecule has 0 radical (unpaired) electrons. The first-order chi connectivity index (χ1) is 9.38. The highest BCUT2D eigenvalue weighted by Crippen LogP contribution is 2.10. The Morgan fingerprint density at radius 2 is 2.25 bits per heavy atom. The smallest absolute Gasteiger partial charge is 0.266 e. The molecule has 2 aromatic rings. The summed E-state index contributed by atoms with van der Waals surface area (Å²) < 4.78 is 28.0. The normalized spacial score (nSPS) is 11.7. The number of nitrogens with one attached hydrogen (secondary N) is 2. The Morgan fingerprint density at radius 3 is 2.85 bits per heavy atom. The summed E-state index contributed by atoms with van der Waals surface area (Å²) in [6.07, 6.45) is 3.36. The quantitative estimate of drug-likeness (QED) is 0.828. The largest absolute Gasteiger partial charge is 0.326 e. The Labute approximate surface area is 120 Å². The molecule has 9 heteroatoms. The van der Waals surface area contributed by atoms with Crippen molar-refractivity contribution >= 4 is 21.6 Å². The minimum absolute atomic E-state index is 0.0804. The minimum atomic E-state index is -3.70. The van der Waals surface area contributed by atoms with Crippen molar-refractivity contribution in [3.05, 3.63) is 45.6 Å². The lowest BCUT2D eigenvalue weighted by atomic mass is 10.3. The highest BCUT2D eigenvalue weighted by molar-refractivity contribution is 7.89. The van der Waals surface area contributed by atoms with Gasteiger partial charge in [-0.05, 0) is 12.1 Å². The van der Waals surface area contributed by atoms with Crippen molar-refractivity contribution in [2.45, 2.75) is 11.3 Å². The SMILES string of the molecule is Cn1ccc(CCNS(=O)(=O)c2c[nH]c(=O)c(Cl)c2)n1. The third-order valence-electron chi connectivity index (χ3n) is 2.58. The molecule has 0 amide bonds. The van der Waals surface area contributed by atoms with Crippen LogP contribution in [0.4, 0.5) is 0 Å². The molecule has 20 heavy (non-hydrogen) atoms. The van der Waals surface area contributed by atoms with Crippen LogP contribution in [0.25, 0.3) is 0 Å². The molecule has 0 saturated heterocycles. The van der Waals surface area contributed by atoms with Gasteiger partial charge in [-0.2, -0.15) is 5.10 Å². The summed E-state index contributed by atoms with van der Waals surface area (Å²) in [5.74, 6) is 0. The molecule has 7 nitrogen and oxygen atoms in total. The molecule has 0 aliphatic carbocycles. The molecule has 0 aromatic carbocycles. The van der Waals surface area contributed by atoms with Gasteiger partial charge < -0.3 is 4.98 Å². The van der Waals surface area contributed by atoms with E-state index in [4.69, 9.17) is 11.6 Å². The van der Waals surface area contributed by atoms with Crippen molar-refractivity contribution in [1.29, 1.82) is 0 Å². The van der Waals surface area contributed by atoms with E-state index in [9.17, 15) is 13.2 Å². The lowest BCUT2D eigenvalue weighted by Crippen LogP contribution is -2.27. The zero-order chi connectivity index (χ0) is 14.8. The first-order valence-electron chi connectivity index (χ1n) is 5.75. The van der Waals surface area contributed by atoms with Crippen molar-refractivity contribution in [2.24, 2.45) is 7.05 Å². The van der Waals surface area contributed by atoms with Crippen LogP contribution in [-0.4, -0.2) is 29.7 Å². The van der Waals surface area contributed by atoms with Gasteiger partial charge in [0.05, 0.1) is 10.6 Å². The Hall–Kier alpha value is -1.64. The van der Waals surface area contributed by atoms with E-state index in [1.165, 1.54) is 0 Å². The zero-order valence-corrected chi connectivity index (χ0v) is 12.2. The van der Waals surface area contributed by atoms with Crippen molar-refractivity contribution in [3.8, 4) is 0 Å². The van der Waals surface area contributed by atoms with Crippen LogP contribution in [0.15, 0.2) is 34.2 Å². The number of halogens is 1. The van der Waals surface area contributed by atoms with E-state index in [1.54, 1.807) is 17.9 Å². The summed E-state index contributed by atoms with van der Waals surface area (Å²) in [6.45, 7) is 0.204. The summed E-state index contributed by atoms with van der Waals surface area (Å²) in [5, 5.41) is 3.97. The lowest BCUT2D eigenvalue weighted by Gasteiger charge is -2.05. The molecule has 0 unspecified atom stereocenters. The maximum absolute atomic E-state index is 12.0. The van der Waals surface area contributed by atoms with E-state index < -0.39 is 15.6 Å². The molecule has 0 aliphatic rings. The molecule has 108 valence electrons. The van der Waals surface area contributed by atoms with Gasteiger partial charge in [0.2, 0.25) is 10.0 Å². The van der Waals surface area contributed by atoms with E-state index in [-0.39, 0.29) is 16.5 Å². The maximum atomic E-state index is 12.0. The van der Waals surface area contributed by atoms with E-state index in [1.807, 2.05) is 6.07 Å². The van der Waals surface area contributed by atoms with Crippen LogP contribution >= 0.6 is 11.6 Å². The van der Waals surface area contributed by atoms with Gasteiger partial charge >= 0.3 is 0 Å². The molecule has 0 saturated carbocycles. The summed E-state index contributed by atoms with van der Waals surface area (Å²) >= 11 is 5.60. The molecule has 0 bridgehead atoms. The van der Waals surface area contributed by atoms with E-state index in [2.05, 4.69) is 14.8 Å². The van der Waals surface area contributed by atoms with Gasteiger partial charge in [0.25, 0.3) is 5.56 Å². The average molecular weight is 317 g/mol. The van der Waals surface area contributed by atoms with E-state index >= 15 is 0 Å². The predicted octanol–water partition coefficient (Wildman–Crippen LogP) is 0.283. The molecule has 2 rings (SSSR count). The summed E-state index contributed by atoms with van der Waals surface area (Å²) in [4.78, 5) is 13.3. The molecule has 0 fully saturated rings. The molecule has 0 aliphatic heterocycles. The predicted molar refractivity (Wildman–Crippen MR) is 74.2 cm³/mol. The fourth-order valence-electron chi connectivity index (χ4n) is 1.59. The van der Waals surface area contributed by atoms with E-state index in [0.29, 0.717) is 6.42 Å². The molecular formula is C11H13ClN4O3S. The summed E-state index contributed by atoms with van der Waals surface area (Å²) in [5.41, 5.74) is 0.258. The summed E-state index contributed by atoms with van der Waals surface area (Å²) in [7, 11) is -1.91. The van der Waals surface area contributed by atoms with Gasteiger partial charge in [-0.3, -0.25) is 9.48 Å². The van der Waals surface area contributed by atoms with Crippen LogP contribution in [0.1, 0.15) is 5.69 Å². The number of hydrogen-bond acceptors (Lipinski definition) is 4. The van der Waals surface area contributed by atoms with Crippen LogP contribution in [0.3, 0.4) is 0 Å². The Morgan fingerprint density at radius 1 is 1.50 bits per heavy atom. The van der Waals surface area contributed by atoms with Gasteiger partial charge in [0.1, 0.15) is 5.02 Å². The number of sulfonamides is 1.